The summed E-state index contributed by atoms with van der Waals surface area (Å²) in [7, 11) is 5.77. The average Bonchev–Trinajstić information content (AvgIpc) is 3.13. The number of nitrogens with one attached hydrogen (secondary N) is 4. The van der Waals surface area contributed by atoms with E-state index in [9.17, 15) is 14.4 Å². The summed E-state index contributed by atoms with van der Waals surface area (Å²) >= 11 is 0. The van der Waals surface area contributed by atoms with Crippen molar-refractivity contribution in [1.29, 1.82) is 5.41 Å². The van der Waals surface area contributed by atoms with Gasteiger partial charge in [0.25, 0.3) is 5.91 Å². The van der Waals surface area contributed by atoms with Crippen molar-refractivity contribution >= 4 is 23.9 Å². The molecule has 11 heteroatoms. The van der Waals surface area contributed by atoms with Gasteiger partial charge in [-0.05, 0) is 83.0 Å². The molecule has 3 aromatic carbocycles. The maximum Gasteiger partial charge on any atom is 0.414 e. The number of rotatable bonds is 18. The fourth-order valence-corrected chi connectivity index (χ4v) is 5.79. The third-order valence-corrected chi connectivity index (χ3v) is 8.82. The highest BCUT2D eigenvalue weighted by Gasteiger charge is 2.42. The number of nitrogens with two attached hydrogens (primary N) is 1. The Hall–Kier alpha value is -5.16. The predicted molar refractivity (Wildman–Crippen MR) is 199 cm³/mol. The van der Waals surface area contributed by atoms with Crippen LogP contribution in [0.5, 0.6) is 0 Å². The quantitative estimate of drug-likeness (QED) is 0.0556. The number of benzene rings is 3. The summed E-state index contributed by atoms with van der Waals surface area (Å²) in [6.07, 6.45) is 3.38. The molecule has 3 aromatic rings. The number of carbonyl (C=O) groups is 3. The first-order valence-electron chi connectivity index (χ1n) is 17.1. The Morgan fingerprint density at radius 2 is 1.40 bits per heavy atom. The van der Waals surface area contributed by atoms with Crippen LogP contribution in [0.3, 0.4) is 0 Å². The third-order valence-electron chi connectivity index (χ3n) is 8.82. The van der Waals surface area contributed by atoms with Gasteiger partial charge < -0.3 is 36.2 Å². The number of guanidine groups is 1. The Labute approximate surface area is 296 Å². The molecule has 268 valence electrons. The lowest BCUT2D eigenvalue weighted by Crippen LogP contribution is -2.47. The second kappa shape index (κ2) is 19.7. The molecule has 2 atom stereocenters. The summed E-state index contributed by atoms with van der Waals surface area (Å²) in [6.45, 7) is 5.07. The standard InChI is InChI=1S/C39H53N7O4/c1-6-34(39(28-29(2)45(3)4,31-20-12-8-13-21-31)32-22-14-9-15-23-32)50-38(49)46(5)27-17-26-42-36(48)33(24-16-25-43-37(40)41)44-35(47)30-18-10-7-11-19-30/h6-15,18-23,29,33H,16-17,24-28H2,1-5H3,(H,42,48)(H,44,47)(H4,40,41,43)/b34-6-. The van der Waals surface area contributed by atoms with Gasteiger partial charge in [0, 0.05) is 38.3 Å². The Kier molecular flexibility index (Phi) is 15.5. The summed E-state index contributed by atoms with van der Waals surface area (Å²) in [5, 5.41) is 15.8. The number of allylic oxidation sites excluding steroid dienone is 2. The smallest absolute Gasteiger partial charge is 0.414 e. The number of nitrogens with zero attached hydrogens (tertiary/aromatic N) is 2. The summed E-state index contributed by atoms with van der Waals surface area (Å²) in [5.74, 6) is -0.291. The molecule has 0 heterocycles. The molecule has 3 amide bonds. The van der Waals surface area contributed by atoms with Gasteiger partial charge >= 0.3 is 6.09 Å². The van der Waals surface area contributed by atoms with Crippen LogP contribution in [0, 0.1) is 5.41 Å². The van der Waals surface area contributed by atoms with E-state index in [0.717, 1.165) is 11.1 Å². The SMILES string of the molecule is C/C=C(\OC(=O)N(C)CCCNC(=O)C(CCCNC(=N)N)NC(=O)c1ccccc1)C(CC(C)N(C)C)(c1ccccc1)c1ccccc1. The second-order valence-electron chi connectivity index (χ2n) is 12.6. The lowest BCUT2D eigenvalue weighted by molar-refractivity contribution is -0.123. The monoisotopic (exact) mass is 683 g/mol. The minimum Gasteiger partial charge on any atom is -0.414 e. The number of amides is 3. The molecule has 0 spiro atoms. The zero-order valence-corrected chi connectivity index (χ0v) is 29.9. The molecule has 3 rings (SSSR count). The van der Waals surface area contributed by atoms with Crippen LogP contribution in [0.4, 0.5) is 4.79 Å². The van der Waals surface area contributed by atoms with Crippen molar-refractivity contribution in [3.63, 3.8) is 0 Å². The topological polar surface area (TPSA) is 153 Å². The Bertz CT molecular complexity index is 1510. The highest BCUT2D eigenvalue weighted by Crippen LogP contribution is 2.44. The fourth-order valence-electron chi connectivity index (χ4n) is 5.79. The normalized spacial score (nSPS) is 12.8. The van der Waals surface area contributed by atoms with Crippen molar-refractivity contribution in [2.24, 2.45) is 5.73 Å². The van der Waals surface area contributed by atoms with Gasteiger partial charge in [-0.1, -0.05) is 78.9 Å². The van der Waals surface area contributed by atoms with Crippen LogP contribution in [0.15, 0.2) is 103 Å². The molecule has 2 unspecified atom stereocenters. The van der Waals surface area contributed by atoms with E-state index in [1.165, 1.54) is 4.90 Å². The van der Waals surface area contributed by atoms with Gasteiger partial charge in [-0.15, -0.1) is 0 Å². The van der Waals surface area contributed by atoms with E-state index in [4.69, 9.17) is 15.9 Å². The Balaban J connectivity index is 1.68. The maximum atomic E-state index is 13.6. The summed E-state index contributed by atoms with van der Waals surface area (Å²) < 4.78 is 6.26. The molecular weight excluding hydrogens is 630 g/mol. The van der Waals surface area contributed by atoms with Crippen molar-refractivity contribution < 1.29 is 19.1 Å². The molecule has 0 aliphatic heterocycles. The molecule has 6 N–H and O–H groups in total. The first-order valence-corrected chi connectivity index (χ1v) is 17.1. The van der Waals surface area contributed by atoms with Crippen LogP contribution >= 0.6 is 0 Å². The van der Waals surface area contributed by atoms with Crippen LogP contribution in [0.1, 0.15) is 61.0 Å². The highest BCUT2D eigenvalue weighted by atomic mass is 16.6. The summed E-state index contributed by atoms with van der Waals surface area (Å²) in [4.78, 5) is 43.3. The predicted octanol–water partition coefficient (Wildman–Crippen LogP) is 4.85. The molecule has 0 saturated carbocycles. The molecule has 50 heavy (non-hydrogen) atoms. The number of hydrogen-bond acceptors (Lipinski definition) is 6. The van der Waals surface area contributed by atoms with E-state index in [1.807, 2.05) is 69.6 Å². The van der Waals surface area contributed by atoms with E-state index < -0.39 is 17.6 Å². The van der Waals surface area contributed by atoms with E-state index in [0.29, 0.717) is 50.1 Å². The van der Waals surface area contributed by atoms with E-state index >= 15 is 0 Å². The van der Waals surface area contributed by atoms with Crippen LogP contribution in [0.25, 0.3) is 0 Å². The Morgan fingerprint density at radius 3 is 1.92 bits per heavy atom. The molecule has 0 aliphatic carbocycles. The van der Waals surface area contributed by atoms with E-state index in [1.54, 1.807) is 31.3 Å². The van der Waals surface area contributed by atoms with Crippen molar-refractivity contribution in [3.8, 4) is 0 Å². The number of ether oxygens (including phenoxy) is 1. The van der Waals surface area contributed by atoms with Crippen molar-refractivity contribution in [2.75, 3.05) is 40.8 Å². The van der Waals surface area contributed by atoms with Crippen molar-refractivity contribution in [3.05, 3.63) is 120 Å². The first-order chi connectivity index (χ1) is 24.0. The van der Waals surface area contributed by atoms with Gasteiger partial charge in [-0.3, -0.25) is 15.0 Å². The Morgan fingerprint density at radius 1 is 0.860 bits per heavy atom. The van der Waals surface area contributed by atoms with Gasteiger partial charge in [-0.2, -0.15) is 0 Å². The molecule has 0 fully saturated rings. The summed E-state index contributed by atoms with van der Waals surface area (Å²) in [6, 6.07) is 28.3. The van der Waals surface area contributed by atoms with Gasteiger partial charge in [-0.25, -0.2) is 4.79 Å². The zero-order valence-electron chi connectivity index (χ0n) is 29.9. The summed E-state index contributed by atoms with van der Waals surface area (Å²) in [5.41, 5.74) is 7.14. The van der Waals surface area contributed by atoms with Crippen LogP contribution < -0.4 is 21.7 Å². The van der Waals surface area contributed by atoms with Crippen LogP contribution in [0.2, 0.25) is 0 Å². The lowest BCUT2D eigenvalue weighted by Gasteiger charge is -2.40. The van der Waals surface area contributed by atoms with Crippen molar-refractivity contribution in [1.82, 2.24) is 25.8 Å². The molecular formula is C39H53N7O4. The molecule has 11 nitrogen and oxygen atoms in total. The van der Waals surface area contributed by atoms with Gasteiger partial charge in [0.05, 0.1) is 5.41 Å². The second-order valence-corrected chi connectivity index (χ2v) is 12.6. The maximum absolute atomic E-state index is 13.6. The van der Waals surface area contributed by atoms with E-state index in [-0.39, 0.29) is 30.4 Å². The van der Waals surface area contributed by atoms with Crippen LogP contribution in [-0.2, 0) is 14.9 Å². The molecule has 0 saturated heterocycles. The van der Waals surface area contributed by atoms with Crippen LogP contribution in [-0.4, -0.2) is 86.5 Å². The minimum atomic E-state index is -0.787. The largest absolute Gasteiger partial charge is 0.414 e. The average molecular weight is 684 g/mol. The van der Waals surface area contributed by atoms with Crippen molar-refractivity contribution in [2.45, 2.75) is 57.0 Å². The van der Waals surface area contributed by atoms with E-state index in [2.05, 4.69) is 52.0 Å². The minimum absolute atomic E-state index is 0.150. The van der Waals surface area contributed by atoms with Gasteiger partial charge in [0.1, 0.15) is 11.8 Å². The zero-order chi connectivity index (χ0) is 36.5. The molecule has 0 radical (unpaired) electrons. The number of carbonyl (C=O) groups excluding carboxylic acids is 3. The third kappa shape index (κ3) is 11.2. The fraction of sp³-hybridized carbons (Fsp3) is 0.385. The number of hydrogen-bond donors (Lipinski definition) is 5. The highest BCUT2D eigenvalue weighted by molar-refractivity contribution is 5.97. The van der Waals surface area contributed by atoms with Gasteiger partial charge in [0.15, 0.2) is 5.96 Å². The molecule has 0 bridgehead atoms. The molecule has 0 aliphatic rings. The lowest BCUT2D eigenvalue weighted by atomic mass is 9.68. The first kappa shape index (κ1) is 39.3. The van der Waals surface area contributed by atoms with Gasteiger partial charge in [0.2, 0.25) is 5.91 Å². The molecule has 0 aromatic heterocycles.